The maximum absolute atomic E-state index is 12.9. The zero-order valence-corrected chi connectivity index (χ0v) is 20.4. The van der Waals surface area contributed by atoms with E-state index in [2.05, 4.69) is 0 Å². The molecule has 1 saturated carbocycles. The van der Waals surface area contributed by atoms with Gasteiger partial charge >= 0.3 is 5.97 Å². The van der Waals surface area contributed by atoms with E-state index in [1.807, 2.05) is 0 Å². The molecule has 1 aliphatic heterocycles. The minimum Gasteiger partial charge on any atom is -0.497 e. The number of aliphatic carboxylic acids is 1. The van der Waals surface area contributed by atoms with Crippen LogP contribution in [-0.2, 0) is 25.5 Å². The number of rotatable bonds is 8. The maximum Gasteiger partial charge on any atom is 0.311 e. The second-order valence-corrected chi connectivity index (χ2v) is 8.94. The number of fused-ring (bicyclic) bond motifs is 3. The van der Waals surface area contributed by atoms with Crippen LogP contribution in [0.1, 0.15) is 22.6 Å². The summed E-state index contributed by atoms with van der Waals surface area (Å²) in [5.74, 6) is -2.24. The Morgan fingerprint density at radius 1 is 0.946 bits per heavy atom. The summed E-state index contributed by atoms with van der Waals surface area (Å²) >= 11 is 0. The largest absolute Gasteiger partial charge is 0.497 e. The molecule has 1 aliphatic carbocycles. The molecule has 2 aliphatic rings. The van der Waals surface area contributed by atoms with E-state index in [4.69, 9.17) is 23.7 Å². The van der Waals surface area contributed by atoms with E-state index in [0.717, 1.165) is 0 Å². The molecule has 0 saturated heterocycles. The van der Waals surface area contributed by atoms with Gasteiger partial charge in [-0.1, -0.05) is 42.5 Å². The van der Waals surface area contributed by atoms with E-state index in [1.54, 1.807) is 66.7 Å². The third kappa shape index (κ3) is 3.27. The molecule has 5 atom stereocenters. The van der Waals surface area contributed by atoms with E-state index in [-0.39, 0.29) is 23.5 Å². The van der Waals surface area contributed by atoms with Gasteiger partial charge in [0.15, 0.2) is 17.3 Å². The van der Waals surface area contributed by atoms with Gasteiger partial charge in [-0.3, -0.25) is 9.59 Å². The number of carbonyl (C=O) groups excluding carboxylic acids is 1. The summed E-state index contributed by atoms with van der Waals surface area (Å²) in [5.41, 5.74) is -2.69. The normalized spacial score (nSPS) is 27.4. The van der Waals surface area contributed by atoms with Gasteiger partial charge in [-0.15, -0.1) is 0 Å². The highest BCUT2D eigenvalue weighted by Crippen LogP contribution is 2.70. The molecule has 5 rings (SSSR count). The summed E-state index contributed by atoms with van der Waals surface area (Å²) in [6.45, 7) is 0.152. The number of hydrogen-bond donors (Lipinski definition) is 2. The highest BCUT2D eigenvalue weighted by Gasteiger charge is 2.79. The Labute approximate surface area is 213 Å². The Morgan fingerprint density at radius 3 is 2.19 bits per heavy atom. The van der Waals surface area contributed by atoms with Crippen molar-refractivity contribution in [2.75, 3.05) is 21.3 Å². The third-order valence-corrected chi connectivity index (χ3v) is 7.41. The second kappa shape index (κ2) is 9.01. The van der Waals surface area contributed by atoms with Crippen molar-refractivity contribution in [2.45, 2.75) is 23.2 Å². The number of carboxylic acid groups (broad SMARTS) is 1. The monoisotopic (exact) mass is 506 g/mol. The molecule has 192 valence electrons. The zero-order chi connectivity index (χ0) is 26.4. The molecule has 0 bridgehead atoms. The molecule has 1 heterocycles. The lowest BCUT2D eigenvalue weighted by Crippen LogP contribution is -2.52. The van der Waals surface area contributed by atoms with Crippen molar-refractivity contribution >= 4 is 12.4 Å². The fourth-order valence-electron chi connectivity index (χ4n) is 5.99. The average molecular weight is 507 g/mol. The first-order valence-electron chi connectivity index (χ1n) is 11.6. The molecule has 9 heteroatoms. The van der Waals surface area contributed by atoms with Crippen molar-refractivity contribution in [3.8, 4) is 23.0 Å². The van der Waals surface area contributed by atoms with Gasteiger partial charge in [0.25, 0.3) is 6.47 Å². The van der Waals surface area contributed by atoms with Crippen molar-refractivity contribution in [3.05, 3.63) is 83.4 Å². The predicted octanol–water partition coefficient (Wildman–Crippen LogP) is 3.23. The summed E-state index contributed by atoms with van der Waals surface area (Å²) < 4.78 is 28.5. The Hall–Kier alpha value is -4.24. The number of carboxylic acids is 1. The van der Waals surface area contributed by atoms with Gasteiger partial charge in [0, 0.05) is 18.1 Å². The van der Waals surface area contributed by atoms with E-state index in [1.165, 1.54) is 21.3 Å². The van der Waals surface area contributed by atoms with Crippen molar-refractivity contribution in [1.29, 1.82) is 0 Å². The molecule has 5 unspecified atom stereocenters. The lowest BCUT2D eigenvalue weighted by molar-refractivity contribution is -0.177. The SMILES string of the molecule is COc1ccc(C23Oc4cc(OC)cc(OC)c4C2(O)C(OC=O)C(C(=O)O)C3c2ccccc2)cc1. The Kier molecular flexibility index (Phi) is 5.95. The predicted molar refractivity (Wildman–Crippen MR) is 130 cm³/mol. The topological polar surface area (TPSA) is 121 Å². The van der Waals surface area contributed by atoms with Gasteiger partial charge in [0.2, 0.25) is 0 Å². The van der Waals surface area contributed by atoms with Gasteiger partial charge in [0.1, 0.15) is 28.9 Å². The minimum atomic E-state index is -2.17. The quantitative estimate of drug-likeness (QED) is 0.444. The molecule has 1 fully saturated rings. The Balaban J connectivity index is 1.91. The Bertz CT molecular complexity index is 1320. The van der Waals surface area contributed by atoms with Gasteiger partial charge in [-0.2, -0.15) is 0 Å². The maximum atomic E-state index is 12.9. The number of aliphatic hydroxyl groups is 1. The first-order valence-corrected chi connectivity index (χ1v) is 11.6. The summed E-state index contributed by atoms with van der Waals surface area (Å²) in [7, 11) is 4.43. The molecule has 9 nitrogen and oxygen atoms in total. The average Bonchev–Trinajstić information content (AvgIpc) is 3.31. The number of ether oxygens (including phenoxy) is 5. The lowest BCUT2D eigenvalue weighted by Gasteiger charge is -2.40. The van der Waals surface area contributed by atoms with Crippen LogP contribution >= 0.6 is 0 Å². The zero-order valence-electron chi connectivity index (χ0n) is 20.4. The van der Waals surface area contributed by atoms with E-state index in [9.17, 15) is 19.8 Å². The summed E-state index contributed by atoms with van der Waals surface area (Å²) in [5, 5.41) is 23.3. The first-order chi connectivity index (χ1) is 17.9. The molecule has 0 aromatic heterocycles. The van der Waals surface area contributed by atoms with Crippen LogP contribution in [-0.4, -0.2) is 50.1 Å². The molecule has 0 amide bonds. The molecule has 37 heavy (non-hydrogen) atoms. The van der Waals surface area contributed by atoms with Crippen molar-refractivity contribution < 1.29 is 43.5 Å². The van der Waals surface area contributed by atoms with Gasteiger partial charge in [-0.25, -0.2) is 0 Å². The standard InChI is InChI=1S/C28H26O9/c1-33-18-11-9-17(10-12-18)28-23(16-7-5-4-6-8-16)22(26(30)31)25(36-15-29)27(28,32)24-20(35-3)13-19(34-2)14-21(24)37-28/h4-15,22-23,25,32H,1-3H3,(H,30,31). The fraction of sp³-hybridized carbons (Fsp3) is 0.286. The van der Waals surface area contributed by atoms with Crippen LogP contribution in [0.4, 0.5) is 0 Å². The van der Waals surface area contributed by atoms with Crippen LogP contribution in [0.25, 0.3) is 0 Å². The molecular formula is C28H26O9. The van der Waals surface area contributed by atoms with E-state index < -0.39 is 35.1 Å². The minimum absolute atomic E-state index is 0.152. The van der Waals surface area contributed by atoms with Crippen LogP contribution < -0.4 is 18.9 Å². The molecule has 2 N–H and O–H groups in total. The number of methoxy groups -OCH3 is 3. The van der Waals surface area contributed by atoms with Crippen LogP contribution in [0.2, 0.25) is 0 Å². The first kappa shape index (κ1) is 24.5. The highest BCUT2D eigenvalue weighted by molar-refractivity contribution is 5.77. The second-order valence-electron chi connectivity index (χ2n) is 8.94. The summed E-state index contributed by atoms with van der Waals surface area (Å²) in [6, 6.07) is 18.8. The molecule has 3 aromatic rings. The smallest absolute Gasteiger partial charge is 0.311 e. The highest BCUT2D eigenvalue weighted by atomic mass is 16.6. The van der Waals surface area contributed by atoms with Gasteiger partial charge in [0.05, 0.1) is 26.9 Å². The van der Waals surface area contributed by atoms with Crippen LogP contribution in [0.5, 0.6) is 23.0 Å². The molecule has 0 spiro atoms. The summed E-state index contributed by atoms with van der Waals surface area (Å²) in [6.07, 6.45) is -1.53. The van der Waals surface area contributed by atoms with Crippen molar-refractivity contribution in [3.63, 3.8) is 0 Å². The fourth-order valence-corrected chi connectivity index (χ4v) is 5.99. The number of benzene rings is 3. The van der Waals surface area contributed by atoms with Crippen LogP contribution in [0.15, 0.2) is 66.7 Å². The number of hydrogen-bond acceptors (Lipinski definition) is 8. The lowest BCUT2D eigenvalue weighted by atomic mass is 9.70. The van der Waals surface area contributed by atoms with Gasteiger partial charge < -0.3 is 33.9 Å². The van der Waals surface area contributed by atoms with Crippen molar-refractivity contribution in [1.82, 2.24) is 0 Å². The van der Waals surface area contributed by atoms with Crippen LogP contribution in [0.3, 0.4) is 0 Å². The summed E-state index contributed by atoms with van der Waals surface area (Å²) in [4.78, 5) is 24.6. The molecule has 3 aromatic carbocycles. The van der Waals surface area contributed by atoms with Crippen molar-refractivity contribution in [2.24, 2.45) is 5.92 Å². The van der Waals surface area contributed by atoms with E-state index >= 15 is 0 Å². The van der Waals surface area contributed by atoms with E-state index in [0.29, 0.717) is 22.6 Å². The third-order valence-electron chi connectivity index (χ3n) is 7.41. The molecule has 0 radical (unpaired) electrons. The molecular weight excluding hydrogens is 480 g/mol. The van der Waals surface area contributed by atoms with Gasteiger partial charge in [-0.05, 0) is 23.3 Å². The van der Waals surface area contributed by atoms with Crippen LogP contribution in [0, 0.1) is 5.92 Å². The number of carbonyl (C=O) groups is 2. The Morgan fingerprint density at radius 2 is 1.62 bits per heavy atom.